The number of hydrogen-bond donors (Lipinski definition) is 2. The Hall–Kier alpha value is -1.34. The predicted octanol–water partition coefficient (Wildman–Crippen LogP) is -0.0920. The Morgan fingerprint density at radius 1 is 1.44 bits per heavy atom. The number of hydrogen-bond acceptors (Lipinski definition) is 4. The lowest BCUT2D eigenvalue weighted by Gasteiger charge is -2.27. The highest BCUT2D eigenvalue weighted by Crippen LogP contribution is 2.06. The zero-order valence-electron chi connectivity index (χ0n) is 10.6. The molecular formula is C11H20N2O5. The van der Waals surface area contributed by atoms with Gasteiger partial charge in [0.2, 0.25) is 0 Å². The minimum absolute atomic E-state index is 0.0603. The third-order valence-corrected chi connectivity index (χ3v) is 2.73. The van der Waals surface area contributed by atoms with Gasteiger partial charge in [0.25, 0.3) is 0 Å². The van der Waals surface area contributed by atoms with Crippen LogP contribution in [0, 0.1) is 0 Å². The van der Waals surface area contributed by atoms with Crippen LogP contribution in [0.5, 0.6) is 0 Å². The highest BCUT2D eigenvalue weighted by molar-refractivity contribution is 5.80. The fourth-order valence-electron chi connectivity index (χ4n) is 1.72. The molecule has 1 heterocycles. The maximum atomic E-state index is 11.9. The van der Waals surface area contributed by atoms with E-state index in [0.29, 0.717) is 19.8 Å². The zero-order chi connectivity index (χ0) is 13.4. The molecule has 1 aliphatic rings. The quantitative estimate of drug-likeness (QED) is 0.696. The smallest absolute Gasteiger partial charge is 0.323 e. The number of amides is 2. The molecule has 18 heavy (non-hydrogen) atoms. The van der Waals surface area contributed by atoms with Gasteiger partial charge >= 0.3 is 12.0 Å². The third-order valence-electron chi connectivity index (χ3n) is 2.73. The van der Waals surface area contributed by atoms with Gasteiger partial charge in [0.05, 0.1) is 6.61 Å². The van der Waals surface area contributed by atoms with E-state index in [4.69, 9.17) is 14.6 Å². The van der Waals surface area contributed by atoms with Crippen molar-refractivity contribution >= 4 is 12.0 Å². The molecule has 0 atom stereocenters. The van der Waals surface area contributed by atoms with Gasteiger partial charge in [-0.15, -0.1) is 0 Å². The molecule has 0 spiro atoms. The summed E-state index contributed by atoms with van der Waals surface area (Å²) in [4.78, 5) is 23.8. The molecule has 0 aromatic rings. The van der Waals surface area contributed by atoms with Gasteiger partial charge in [-0.2, -0.15) is 0 Å². The van der Waals surface area contributed by atoms with E-state index in [-0.39, 0.29) is 25.2 Å². The maximum absolute atomic E-state index is 11.9. The van der Waals surface area contributed by atoms with E-state index in [2.05, 4.69) is 5.32 Å². The summed E-state index contributed by atoms with van der Waals surface area (Å²) >= 11 is 0. The molecule has 0 radical (unpaired) electrons. The van der Waals surface area contributed by atoms with Crippen molar-refractivity contribution in [1.29, 1.82) is 0 Å². The summed E-state index contributed by atoms with van der Waals surface area (Å²) in [6.07, 6.45) is 1.52. The molecule has 0 bridgehead atoms. The lowest BCUT2D eigenvalue weighted by Crippen LogP contribution is -2.49. The molecule has 7 heteroatoms. The summed E-state index contributed by atoms with van der Waals surface area (Å²) in [6, 6.07) is -0.300. The summed E-state index contributed by atoms with van der Waals surface area (Å²) in [5.41, 5.74) is 0. The van der Waals surface area contributed by atoms with Crippen LogP contribution >= 0.6 is 0 Å². The summed E-state index contributed by atoms with van der Waals surface area (Å²) in [6.45, 7) is 1.51. The van der Waals surface area contributed by atoms with Crippen molar-refractivity contribution in [2.75, 3.05) is 40.0 Å². The molecule has 0 aliphatic carbocycles. The molecule has 0 unspecified atom stereocenters. The number of methoxy groups -OCH3 is 1. The van der Waals surface area contributed by atoms with Crippen LogP contribution in [0.2, 0.25) is 0 Å². The fraction of sp³-hybridized carbons (Fsp3) is 0.818. The Kier molecular flexibility index (Phi) is 6.45. The minimum atomic E-state index is -1.03. The number of carboxylic acids is 1. The van der Waals surface area contributed by atoms with Gasteiger partial charge in [0.15, 0.2) is 0 Å². The van der Waals surface area contributed by atoms with Crippen LogP contribution in [0.3, 0.4) is 0 Å². The Morgan fingerprint density at radius 3 is 2.67 bits per heavy atom. The van der Waals surface area contributed by atoms with Gasteiger partial charge in [0.1, 0.15) is 6.54 Å². The van der Waals surface area contributed by atoms with Gasteiger partial charge < -0.3 is 24.8 Å². The second-order valence-corrected chi connectivity index (χ2v) is 4.14. The molecular weight excluding hydrogens is 240 g/mol. The van der Waals surface area contributed by atoms with Gasteiger partial charge in [0, 0.05) is 32.9 Å². The number of rotatable bonds is 6. The van der Waals surface area contributed by atoms with Crippen molar-refractivity contribution in [3.8, 4) is 0 Å². The first kappa shape index (κ1) is 14.7. The molecule has 1 aliphatic heterocycles. The van der Waals surface area contributed by atoms with E-state index in [0.717, 1.165) is 12.8 Å². The Morgan fingerprint density at radius 2 is 2.11 bits per heavy atom. The molecule has 2 N–H and O–H groups in total. The summed E-state index contributed by atoms with van der Waals surface area (Å²) < 4.78 is 10.1. The Bertz CT molecular complexity index is 279. The number of urea groups is 1. The summed E-state index contributed by atoms with van der Waals surface area (Å²) in [7, 11) is 1.51. The first-order valence-corrected chi connectivity index (χ1v) is 5.97. The van der Waals surface area contributed by atoms with E-state index in [9.17, 15) is 9.59 Å². The van der Waals surface area contributed by atoms with Crippen LogP contribution in [0.1, 0.15) is 12.8 Å². The minimum Gasteiger partial charge on any atom is -0.480 e. The van der Waals surface area contributed by atoms with Gasteiger partial charge in [-0.25, -0.2) is 4.79 Å². The average Bonchev–Trinajstić information content (AvgIpc) is 2.35. The summed E-state index contributed by atoms with van der Waals surface area (Å²) in [5.74, 6) is -1.03. The van der Waals surface area contributed by atoms with Crippen molar-refractivity contribution in [3.63, 3.8) is 0 Å². The van der Waals surface area contributed by atoms with Crippen LogP contribution < -0.4 is 5.32 Å². The van der Waals surface area contributed by atoms with Gasteiger partial charge in [-0.3, -0.25) is 4.79 Å². The third kappa shape index (κ3) is 5.33. The SMILES string of the molecule is COCCN(CC(=O)O)C(=O)NC1CCOCC1. The second-order valence-electron chi connectivity index (χ2n) is 4.14. The molecule has 104 valence electrons. The molecule has 7 nitrogen and oxygen atoms in total. The Labute approximate surface area is 106 Å². The molecule has 0 aromatic heterocycles. The average molecular weight is 260 g/mol. The zero-order valence-corrected chi connectivity index (χ0v) is 10.6. The van der Waals surface area contributed by atoms with Crippen molar-refractivity contribution in [1.82, 2.24) is 10.2 Å². The predicted molar refractivity (Wildman–Crippen MR) is 63.5 cm³/mol. The van der Waals surface area contributed by atoms with Crippen LogP contribution in [-0.2, 0) is 14.3 Å². The first-order valence-electron chi connectivity index (χ1n) is 5.97. The number of carbonyl (C=O) groups is 2. The molecule has 0 saturated carbocycles. The largest absolute Gasteiger partial charge is 0.480 e. The molecule has 1 rings (SSSR count). The van der Waals surface area contributed by atoms with Crippen molar-refractivity contribution in [2.24, 2.45) is 0 Å². The first-order chi connectivity index (χ1) is 8.63. The second kappa shape index (κ2) is 7.88. The molecule has 1 fully saturated rings. The topological polar surface area (TPSA) is 88.1 Å². The van der Waals surface area contributed by atoms with Crippen LogP contribution in [0.4, 0.5) is 4.79 Å². The standard InChI is InChI=1S/C11H20N2O5/c1-17-7-4-13(8-10(14)15)11(16)12-9-2-5-18-6-3-9/h9H,2-8H2,1H3,(H,12,16)(H,14,15). The van der Waals surface area contributed by atoms with Crippen LogP contribution in [-0.4, -0.2) is 68.1 Å². The van der Waals surface area contributed by atoms with Crippen LogP contribution in [0.25, 0.3) is 0 Å². The highest BCUT2D eigenvalue weighted by Gasteiger charge is 2.21. The van der Waals surface area contributed by atoms with Crippen molar-refractivity contribution < 1.29 is 24.2 Å². The number of nitrogens with one attached hydrogen (secondary N) is 1. The number of carboxylic acid groups (broad SMARTS) is 1. The van der Waals surface area contributed by atoms with Gasteiger partial charge in [-0.05, 0) is 12.8 Å². The fourth-order valence-corrected chi connectivity index (χ4v) is 1.72. The number of nitrogens with zero attached hydrogens (tertiary/aromatic N) is 1. The molecule has 1 saturated heterocycles. The molecule has 0 aromatic carbocycles. The normalized spacial score (nSPS) is 16.3. The van der Waals surface area contributed by atoms with E-state index in [1.54, 1.807) is 0 Å². The monoisotopic (exact) mass is 260 g/mol. The number of ether oxygens (including phenoxy) is 2. The summed E-state index contributed by atoms with van der Waals surface area (Å²) in [5, 5.41) is 11.6. The van der Waals surface area contributed by atoms with Gasteiger partial charge in [-0.1, -0.05) is 0 Å². The lowest BCUT2D eigenvalue weighted by molar-refractivity contribution is -0.137. The van der Waals surface area contributed by atoms with E-state index in [1.807, 2.05) is 0 Å². The lowest BCUT2D eigenvalue weighted by atomic mass is 10.1. The van der Waals surface area contributed by atoms with E-state index < -0.39 is 5.97 Å². The highest BCUT2D eigenvalue weighted by atomic mass is 16.5. The van der Waals surface area contributed by atoms with Crippen molar-refractivity contribution in [3.05, 3.63) is 0 Å². The van der Waals surface area contributed by atoms with Crippen LogP contribution in [0.15, 0.2) is 0 Å². The molecule has 2 amide bonds. The Balaban J connectivity index is 2.43. The maximum Gasteiger partial charge on any atom is 0.323 e. The van der Waals surface area contributed by atoms with Crippen molar-refractivity contribution in [2.45, 2.75) is 18.9 Å². The van der Waals surface area contributed by atoms with E-state index in [1.165, 1.54) is 12.0 Å². The number of aliphatic carboxylic acids is 1. The number of carbonyl (C=O) groups excluding carboxylic acids is 1. The van der Waals surface area contributed by atoms with E-state index >= 15 is 0 Å².